The second-order valence-electron chi connectivity index (χ2n) is 10.3. The van der Waals surface area contributed by atoms with E-state index in [0.717, 1.165) is 21.0 Å². The first-order valence-corrected chi connectivity index (χ1v) is 15.5. The minimum Gasteiger partial charge on any atom is -0.357 e. The number of rotatable bonds is 12. The van der Waals surface area contributed by atoms with Crippen molar-refractivity contribution in [2.75, 3.05) is 17.9 Å². The zero-order valence-corrected chi connectivity index (χ0v) is 25.4. The van der Waals surface area contributed by atoms with Crippen LogP contribution in [0.2, 0.25) is 0 Å². The van der Waals surface area contributed by atoms with E-state index >= 15 is 0 Å². The fourth-order valence-corrected chi connectivity index (χ4v) is 6.36. The number of hydrogen-bond donors (Lipinski definition) is 1. The van der Waals surface area contributed by atoms with Crippen LogP contribution in [0, 0.1) is 12.7 Å². The highest BCUT2D eigenvalue weighted by Gasteiger charge is 2.34. The van der Waals surface area contributed by atoms with E-state index in [4.69, 9.17) is 0 Å². The average Bonchev–Trinajstić information content (AvgIpc) is 3.02. The van der Waals surface area contributed by atoms with Crippen LogP contribution in [0.1, 0.15) is 29.2 Å². The summed E-state index contributed by atoms with van der Waals surface area (Å²) in [5.74, 6) is -1.41. The summed E-state index contributed by atoms with van der Waals surface area (Å²) in [4.78, 5) is 29.1. The molecular weight excluding hydrogens is 565 g/mol. The highest BCUT2D eigenvalue weighted by Crippen LogP contribution is 2.28. The van der Waals surface area contributed by atoms with E-state index < -0.39 is 40.2 Å². The number of nitrogens with one attached hydrogen (secondary N) is 1. The van der Waals surface area contributed by atoms with Gasteiger partial charge in [-0.25, -0.2) is 12.8 Å². The molecule has 0 aliphatic carbocycles. The summed E-state index contributed by atoms with van der Waals surface area (Å²) in [6, 6.07) is 27.5. The molecular formula is C34H36FN3O4S. The molecule has 0 bridgehead atoms. The molecule has 0 aromatic heterocycles. The zero-order valence-electron chi connectivity index (χ0n) is 24.5. The highest BCUT2D eigenvalue weighted by molar-refractivity contribution is 7.92. The molecule has 224 valence electrons. The molecule has 0 aliphatic rings. The first kappa shape index (κ1) is 31.4. The summed E-state index contributed by atoms with van der Waals surface area (Å²) in [7, 11) is -2.69. The van der Waals surface area contributed by atoms with Crippen molar-refractivity contribution in [3.8, 4) is 0 Å². The number of amides is 2. The van der Waals surface area contributed by atoms with Crippen LogP contribution in [0.25, 0.3) is 0 Å². The summed E-state index contributed by atoms with van der Waals surface area (Å²) in [6.07, 6.45) is 0.738. The van der Waals surface area contributed by atoms with E-state index in [-0.39, 0.29) is 17.9 Å². The van der Waals surface area contributed by atoms with E-state index in [9.17, 15) is 22.4 Å². The van der Waals surface area contributed by atoms with Gasteiger partial charge in [-0.3, -0.25) is 13.9 Å². The average molecular weight is 602 g/mol. The number of aryl methyl sites for hydroxylation is 2. The molecule has 9 heteroatoms. The molecule has 1 atom stereocenters. The molecule has 0 saturated carbocycles. The van der Waals surface area contributed by atoms with Crippen molar-refractivity contribution in [1.29, 1.82) is 0 Å². The van der Waals surface area contributed by atoms with Gasteiger partial charge in [-0.05, 0) is 60.4 Å². The number of benzene rings is 4. The van der Waals surface area contributed by atoms with Gasteiger partial charge in [-0.1, -0.05) is 85.3 Å². The molecule has 4 aromatic carbocycles. The Kier molecular flexibility index (Phi) is 10.3. The molecule has 0 unspecified atom stereocenters. The first-order chi connectivity index (χ1) is 20.6. The van der Waals surface area contributed by atoms with Gasteiger partial charge in [0, 0.05) is 20.0 Å². The quantitative estimate of drug-likeness (QED) is 0.240. The zero-order chi connectivity index (χ0) is 31.0. The van der Waals surface area contributed by atoms with Crippen LogP contribution in [-0.4, -0.2) is 44.8 Å². The Labute approximate surface area is 253 Å². The van der Waals surface area contributed by atoms with Crippen LogP contribution < -0.4 is 9.62 Å². The predicted molar refractivity (Wildman–Crippen MR) is 166 cm³/mol. The molecule has 2 amide bonds. The van der Waals surface area contributed by atoms with Crippen LogP contribution in [-0.2, 0) is 39.0 Å². The standard InChI is InChI=1S/C34H36FN3O4S/c1-4-28-12-8-9-13-31(28)38(43(41,42)30-20-14-25(2)15-21-30)24-33(39)37(23-27-16-18-29(35)19-17-27)32(34(40)36-3)22-26-10-6-5-7-11-26/h5-21,32H,4,22-24H2,1-3H3,(H,36,40)/t32-/m0/s1. The number of para-hydroxylation sites is 1. The summed E-state index contributed by atoms with van der Waals surface area (Å²) in [5, 5.41) is 2.66. The molecule has 0 radical (unpaired) electrons. The SMILES string of the molecule is CCc1ccccc1N(CC(=O)N(Cc1ccc(F)cc1)[C@@H](Cc1ccccc1)C(=O)NC)S(=O)(=O)c1ccc(C)cc1. The topological polar surface area (TPSA) is 86.8 Å². The van der Waals surface area contributed by atoms with Gasteiger partial charge in [-0.15, -0.1) is 0 Å². The molecule has 0 heterocycles. The molecule has 43 heavy (non-hydrogen) atoms. The Hall–Kier alpha value is -4.50. The fraction of sp³-hybridized carbons (Fsp3) is 0.235. The summed E-state index contributed by atoms with van der Waals surface area (Å²) in [6.45, 7) is 3.21. The lowest BCUT2D eigenvalue weighted by Gasteiger charge is -2.34. The molecule has 4 rings (SSSR count). The Balaban J connectivity index is 1.81. The summed E-state index contributed by atoms with van der Waals surface area (Å²) < 4.78 is 43.2. The van der Waals surface area contributed by atoms with Crippen molar-refractivity contribution in [2.45, 2.75) is 44.2 Å². The monoisotopic (exact) mass is 601 g/mol. The third kappa shape index (κ3) is 7.67. The molecule has 0 saturated heterocycles. The summed E-state index contributed by atoms with van der Waals surface area (Å²) >= 11 is 0. The van der Waals surface area contributed by atoms with Crippen LogP contribution in [0.4, 0.5) is 10.1 Å². The van der Waals surface area contributed by atoms with Crippen molar-refractivity contribution in [2.24, 2.45) is 0 Å². The lowest BCUT2D eigenvalue weighted by Crippen LogP contribution is -2.53. The number of hydrogen-bond acceptors (Lipinski definition) is 4. The van der Waals surface area contributed by atoms with E-state index in [0.29, 0.717) is 17.7 Å². The number of carbonyl (C=O) groups excluding carboxylic acids is 2. The van der Waals surface area contributed by atoms with Crippen molar-refractivity contribution in [3.63, 3.8) is 0 Å². The molecule has 7 nitrogen and oxygen atoms in total. The molecule has 4 aromatic rings. The van der Waals surface area contributed by atoms with Crippen molar-refractivity contribution >= 4 is 27.5 Å². The number of anilines is 1. The van der Waals surface area contributed by atoms with E-state index in [1.807, 2.05) is 56.3 Å². The lowest BCUT2D eigenvalue weighted by atomic mass is 10.0. The maximum Gasteiger partial charge on any atom is 0.264 e. The number of nitrogens with zero attached hydrogens (tertiary/aromatic N) is 2. The lowest BCUT2D eigenvalue weighted by molar-refractivity contribution is -0.139. The Bertz CT molecular complexity index is 1640. The molecule has 1 N–H and O–H groups in total. The first-order valence-electron chi connectivity index (χ1n) is 14.1. The number of likely N-dealkylation sites (N-methyl/N-ethyl adjacent to an activating group) is 1. The Morgan fingerprint density at radius 1 is 0.837 bits per heavy atom. The van der Waals surface area contributed by atoms with Crippen molar-refractivity contribution < 1.29 is 22.4 Å². The third-order valence-electron chi connectivity index (χ3n) is 7.31. The molecule has 0 spiro atoms. The van der Waals surface area contributed by atoms with Crippen LogP contribution in [0.15, 0.2) is 108 Å². The smallest absolute Gasteiger partial charge is 0.264 e. The minimum atomic E-state index is -4.19. The van der Waals surface area contributed by atoms with E-state index in [1.165, 1.54) is 36.2 Å². The predicted octanol–water partition coefficient (Wildman–Crippen LogP) is 5.28. The van der Waals surface area contributed by atoms with Gasteiger partial charge in [0.05, 0.1) is 10.6 Å². The normalized spacial score (nSPS) is 11.9. The maximum atomic E-state index is 14.3. The van der Waals surface area contributed by atoms with Gasteiger partial charge in [0.25, 0.3) is 10.0 Å². The van der Waals surface area contributed by atoms with Gasteiger partial charge in [-0.2, -0.15) is 0 Å². The van der Waals surface area contributed by atoms with E-state index in [1.54, 1.807) is 36.4 Å². The number of sulfonamides is 1. The van der Waals surface area contributed by atoms with Crippen LogP contribution in [0.5, 0.6) is 0 Å². The third-order valence-corrected chi connectivity index (χ3v) is 9.09. The second kappa shape index (κ2) is 14.1. The molecule has 0 aliphatic heterocycles. The maximum absolute atomic E-state index is 14.3. The van der Waals surface area contributed by atoms with Gasteiger partial charge in [0.2, 0.25) is 11.8 Å². The van der Waals surface area contributed by atoms with Crippen molar-refractivity contribution in [1.82, 2.24) is 10.2 Å². The minimum absolute atomic E-state index is 0.0299. The van der Waals surface area contributed by atoms with Gasteiger partial charge < -0.3 is 10.2 Å². The second-order valence-corrected chi connectivity index (χ2v) is 12.1. The largest absolute Gasteiger partial charge is 0.357 e. The van der Waals surface area contributed by atoms with Crippen LogP contribution >= 0.6 is 0 Å². The number of carbonyl (C=O) groups is 2. The van der Waals surface area contributed by atoms with Crippen LogP contribution in [0.3, 0.4) is 0 Å². The highest BCUT2D eigenvalue weighted by atomic mass is 32.2. The number of halogens is 1. The molecule has 0 fully saturated rings. The fourth-order valence-electron chi connectivity index (χ4n) is 4.91. The Morgan fingerprint density at radius 2 is 1.47 bits per heavy atom. The van der Waals surface area contributed by atoms with E-state index in [2.05, 4.69) is 5.32 Å². The Morgan fingerprint density at radius 3 is 2.09 bits per heavy atom. The van der Waals surface area contributed by atoms with Crippen molar-refractivity contribution in [3.05, 3.63) is 131 Å². The van der Waals surface area contributed by atoms with Gasteiger partial charge in [0.15, 0.2) is 0 Å². The van der Waals surface area contributed by atoms with Gasteiger partial charge >= 0.3 is 0 Å². The van der Waals surface area contributed by atoms with Gasteiger partial charge in [0.1, 0.15) is 18.4 Å². The summed E-state index contributed by atoms with van der Waals surface area (Å²) in [5.41, 5.74) is 3.46.